The van der Waals surface area contributed by atoms with Gasteiger partial charge >= 0.3 is 12.0 Å². The van der Waals surface area contributed by atoms with Crippen LogP contribution in [0.15, 0.2) is 95.9 Å². The summed E-state index contributed by atoms with van der Waals surface area (Å²) in [5.41, 5.74) is 1.11. The predicted octanol–water partition coefficient (Wildman–Crippen LogP) is 4.03. The highest BCUT2D eigenvalue weighted by Gasteiger charge is 2.50. The number of halogens is 2. The number of carbonyl (C=O) groups excluding carboxylic acids is 5. The molecule has 0 aliphatic carbocycles. The number of aromatic nitrogens is 2. The fourth-order valence-electron chi connectivity index (χ4n) is 5.90. The Morgan fingerprint density at radius 2 is 1.56 bits per heavy atom. The van der Waals surface area contributed by atoms with Crippen molar-refractivity contribution < 1.29 is 37.5 Å². The highest BCUT2D eigenvalue weighted by atomic mass is 19.3. The number of nitrogens with one attached hydrogen (secondary N) is 3. The maximum absolute atomic E-state index is 15.5. The summed E-state index contributed by atoms with van der Waals surface area (Å²) in [4.78, 5) is 84.5. The predicted molar refractivity (Wildman–Crippen MR) is 194 cm³/mol. The summed E-state index contributed by atoms with van der Waals surface area (Å²) in [5.74, 6) is -10.1. The number of benzene rings is 3. The van der Waals surface area contributed by atoms with Crippen LogP contribution < -0.4 is 21.5 Å². The number of amides is 4. The average Bonchev–Trinajstić information content (AvgIpc) is 3.18. The van der Waals surface area contributed by atoms with Crippen LogP contribution in [0.5, 0.6) is 0 Å². The lowest BCUT2D eigenvalue weighted by molar-refractivity contribution is -0.161. The van der Waals surface area contributed by atoms with Crippen molar-refractivity contribution >= 4 is 35.3 Å². The van der Waals surface area contributed by atoms with E-state index in [-0.39, 0.29) is 18.1 Å². The molecule has 0 saturated carbocycles. The molecule has 15 heteroatoms. The number of hydrogen-bond donors (Lipinski definition) is 3. The van der Waals surface area contributed by atoms with E-state index in [0.29, 0.717) is 29.8 Å². The number of likely N-dealkylation sites (tertiary alicyclic amines) is 1. The van der Waals surface area contributed by atoms with Crippen LogP contribution in [0.2, 0.25) is 0 Å². The van der Waals surface area contributed by atoms with Crippen molar-refractivity contribution in [3.05, 3.63) is 118 Å². The standard InChI is InChI=1S/C39H40F2N6O7/c1-26-12-11-17-29(20-26)35-42-22-31(45-38(53)54-25-28-15-7-3-8-16-28)36(51)47(35)24-32(48)44-30(21-27-13-5-2-6-14-27)34(50)39(40,41)37(52)43-23-33(49)46-18-9-4-10-19-46/h2-3,5-8,11-17,20,22,30H,4,9-10,18-19,21,23-25H2,1H3,(H,43,52)(H,44,48)(H,45,53). The van der Waals surface area contributed by atoms with E-state index in [0.717, 1.165) is 35.6 Å². The molecule has 282 valence electrons. The summed E-state index contributed by atoms with van der Waals surface area (Å²) in [6, 6.07) is 21.7. The summed E-state index contributed by atoms with van der Waals surface area (Å²) in [5, 5.41) is 6.50. The van der Waals surface area contributed by atoms with Crippen molar-refractivity contribution in [1.29, 1.82) is 0 Å². The molecule has 1 unspecified atom stereocenters. The molecule has 1 aliphatic heterocycles. The van der Waals surface area contributed by atoms with Gasteiger partial charge in [0.25, 0.3) is 11.5 Å². The minimum absolute atomic E-state index is 0.0102. The van der Waals surface area contributed by atoms with E-state index in [2.05, 4.69) is 15.6 Å². The SMILES string of the molecule is Cc1cccc(-c2ncc(NC(=O)OCc3ccccc3)c(=O)n2CC(=O)NC(Cc2ccccc2)C(=O)C(F)(F)C(=O)NCC(=O)N2CCCCC2)c1. The minimum atomic E-state index is -4.63. The summed E-state index contributed by atoms with van der Waals surface area (Å²) in [6.07, 6.45) is 2.16. The van der Waals surface area contributed by atoms with Gasteiger partial charge in [0.1, 0.15) is 24.7 Å². The smallest absolute Gasteiger partial charge is 0.412 e. The lowest BCUT2D eigenvalue weighted by atomic mass is 9.98. The first-order valence-corrected chi connectivity index (χ1v) is 17.4. The Morgan fingerprint density at radius 1 is 0.889 bits per heavy atom. The Morgan fingerprint density at radius 3 is 2.22 bits per heavy atom. The lowest BCUT2D eigenvalue weighted by Gasteiger charge is -2.27. The third-order valence-corrected chi connectivity index (χ3v) is 8.71. The maximum atomic E-state index is 15.5. The van der Waals surface area contributed by atoms with Gasteiger partial charge in [0, 0.05) is 25.1 Å². The van der Waals surface area contributed by atoms with Crippen molar-refractivity contribution in [3.8, 4) is 11.4 Å². The van der Waals surface area contributed by atoms with E-state index in [9.17, 15) is 28.8 Å². The topological polar surface area (TPSA) is 169 Å². The molecule has 54 heavy (non-hydrogen) atoms. The molecule has 1 aromatic heterocycles. The summed E-state index contributed by atoms with van der Waals surface area (Å²) >= 11 is 0. The monoisotopic (exact) mass is 742 g/mol. The zero-order chi connectivity index (χ0) is 38.7. The van der Waals surface area contributed by atoms with Crippen LogP contribution in [0.3, 0.4) is 0 Å². The fraction of sp³-hybridized carbons (Fsp3) is 0.308. The number of rotatable bonds is 14. The number of ketones is 1. The molecular formula is C39H40F2N6O7. The number of anilines is 1. The first-order chi connectivity index (χ1) is 25.9. The molecule has 3 N–H and O–H groups in total. The number of hydrogen-bond acceptors (Lipinski definition) is 8. The van der Waals surface area contributed by atoms with Gasteiger partial charge in [-0.3, -0.25) is 33.9 Å². The molecular weight excluding hydrogens is 702 g/mol. The van der Waals surface area contributed by atoms with Crippen molar-refractivity contribution in [2.75, 3.05) is 25.0 Å². The summed E-state index contributed by atoms with van der Waals surface area (Å²) in [6.45, 7) is 1.06. The summed E-state index contributed by atoms with van der Waals surface area (Å²) < 4.78 is 37.2. The average molecular weight is 743 g/mol. The number of ether oxygens (including phenoxy) is 1. The molecule has 5 rings (SSSR count). The number of piperidine rings is 1. The van der Waals surface area contributed by atoms with Crippen molar-refractivity contribution in [2.45, 2.75) is 57.7 Å². The van der Waals surface area contributed by atoms with Gasteiger partial charge in [-0.1, -0.05) is 84.4 Å². The number of nitrogens with zero attached hydrogens (tertiary/aromatic N) is 3. The zero-order valence-electron chi connectivity index (χ0n) is 29.6. The molecule has 1 saturated heterocycles. The summed E-state index contributed by atoms with van der Waals surface area (Å²) in [7, 11) is 0. The highest BCUT2D eigenvalue weighted by Crippen LogP contribution is 2.21. The Balaban J connectivity index is 1.37. The van der Waals surface area contributed by atoms with Gasteiger partial charge in [-0.2, -0.15) is 8.78 Å². The van der Waals surface area contributed by atoms with Gasteiger partial charge in [-0.15, -0.1) is 0 Å². The minimum Gasteiger partial charge on any atom is -0.444 e. The molecule has 4 aromatic rings. The molecule has 0 radical (unpaired) electrons. The van der Waals surface area contributed by atoms with Gasteiger partial charge in [-0.25, -0.2) is 9.78 Å². The van der Waals surface area contributed by atoms with Crippen molar-refractivity contribution in [3.63, 3.8) is 0 Å². The first kappa shape index (κ1) is 39.0. The Bertz CT molecular complexity index is 2040. The molecule has 0 bridgehead atoms. The van der Waals surface area contributed by atoms with E-state index in [1.165, 1.54) is 4.90 Å². The van der Waals surface area contributed by atoms with Gasteiger partial charge in [0.15, 0.2) is 0 Å². The second kappa shape index (κ2) is 18.0. The third kappa shape index (κ3) is 10.2. The quantitative estimate of drug-likeness (QED) is 0.163. The van der Waals surface area contributed by atoms with Crippen molar-refractivity contribution in [2.24, 2.45) is 0 Å². The third-order valence-electron chi connectivity index (χ3n) is 8.71. The molecule has 4 amide bonds. The zero-order valence-corrected chi connectivity index (χ0v) is 29.6. The Hall–Kier alpha value is -6.25. The fourth-order valence-corrected chi connectivity index (χ4v) is 5.90. The van der Waals surface area contributed by atoms with E-state index in [1.807, 2.05) is 5.32 Å². The van der Waals surface area contributed by atoms with Gasteiger partial charge in [-0.05, 0) is 43.4 Å². The molecule has 1 aliphatic rings. The molecule has 13 nitrogen and oxygen atoms in total. The number of alkyl halides is 2. The first-order valence-electron chi connectivity index (χ1n) is 17.4. The van der Waals surface area contributed by atoms with Gasteiger partial charge in [0.05, 0.1) is 18.8 Å². The van der Waals surface area contributed by atoms with E-state index in [4.69, 9.17) is 4.74 Å². The van der Waals surface area contributed by atoms with Crippen LogP contribution in [-0.4, -0.2) is 75.6 Å². The normalized spacial score (nSPS) is 13.4. The number of Topliss-reactive ketones (excluding diaryl/α,β-unsaturated/α-hetero) is 1. The number of carbonyl (C=O) groups is 5. The number of aryl methyl sites for hydroxylation is 1. The lowest BCUT2D eigenvalue weighted by Crippen LogP contribution is -2.56. The second-order valence-electron chi connectivity index (χ2n) is 12.8. The molecule has 2 heterocycles. The van der Waals surface area contributed by atoms with E-state index < -0.39 is 66.6 Å². The maximum Gasteiger partial charge on any atom is 0.412 e. The second-order valence-corrected chi connectivity index (χ2v) is 12.8. The van der Waals surface area contributed by atoms with Crippen LogP contribution in [0.25, 0.3) is 11.4 Å². The van der Waals surface area contributed by atoms with Crippen LogP contribution in [0.4, 0.5) is 19.3 Å². The largest absolute Gasteiger partial charge is 0.444 e. The Labute approximate surface area is 309 Å². The van der Waals surface area contributed by atoms with Crippen LogP contribution in [-0.2, 0) is 43.5 Å². The van der Waals surface area contributed by atoms with Gasteiger partial charge < -0.3 is 20.3 Å². The van der Waals surface area contributed by atoms with E-state index in [1.54, 1.807) is 91.9 Å². The molecule has 1 fully saturated rings. The molecule has 3 aromatic carbocycles. The molecule has 1 atom stereocenters. The van der Waals surface area contributed by atoms with Gasteiger partial charge in [0.2, 0.25) is 17.6 Å². The van der Waals surface area contributed by atoms with E-state index >= 15 is 8.78 Å². The van der Waals surface area contributed by atoms with Crippen LogP contribution in [0, 0.1) is 6.92 Å². The van der Waals surface area contributed by atoms with Crippen molar-refractivity contribution in [1.82, 2.24) is 25.1 Å². The van der Waals surface area contributed by atoms with Crippen LogP contribution in [0.1, 0.15) is 36.0 Å². The van der Waals surface area contributed by atoms with Crippen LogP contribution >= 0.6 is 0 Å². The highest BCUT2D eigenvalue weighted by molar-refractivity contribution is 6.11. The Kier molecular flexibility index (Phi) is 13.0. The molecule has 0 spiro atoms.